The fourth-order valence-electron chi connectivity index (χ4n) is 1.19. The minimum absolute atomic E-state index is 0.0670. The number of benzene rings is 1. The molecule has 0 aliphatic carbocycles. The van der Waals surface area contributed by atoms with E-state index in [1.807, 2.05) is 6.92 Å². The van der Waals surface area contributed by atoms with Crippen molar-refractivity contribution in [1.82, 2.24) is 0 Å². The number of halogens is 2. The maximum Gasteiger partial charge on any atom is 0.145 e. The highest BCUT2D eigenvalue weighted by molar-refractivity contribution is 6.31. The molecule has 1 aromatic rings. The topological polar surface area (TPSA) is 35.2 Å². The normalized spacial score (nSPS) is 12.6. The first kappa shape index (κ1) is 11.3. The van der Waals surface area contributed by atoms with Crippen molar-refractivity contribution in [2.24, 2.45) is 5.73 Å². The number of methoxy groups -OCH3 is 1. The number of nitrogens with two attached hydrogens (primary N) is 1. The molecule has 1 unspecified atom stereocenters. The second-order valence-electron chi connectivity index (χ2n) is 3.15. The van der Waals surface area contributed by atoms with Crippen LogP contribution in [0.4, 0.5) is 4.39 Å². The van der Waals surface area contributed by atoms with Gasteiger partial charge in [-0.25, -0.2) is 4.39 Å². The van der Waals surface area contributed by atoms with Crippen molar-refractivity contribution in [3.8, 4) is 5.75 Å². The zero-order chi connectivity index (χ0) is 10.7. The third-order valence-corrected chi connectivity index (χ3v) is 2.43. The van der Waals surface area contributed by atoms with Gasteiger partial charge in [0.2, 0.25) is 0 Å². The van der Waals surface area contributed by atoms with Crippen molar-refractivity contribution >= 4 is 11.6 Å². The molecule has 2 N–H and O–H groups in total. The molecule has 0 aromatic heterocycles. The van der Waals surface area contributed by atoms with Crippen LogP contribution in [0.3, 0.4) is 0 Å². The summed E-state index contributed by atoms with van der Waals surface area (Å²) in [6, 6.07) is 3.07. The second-order valence-corrected chi connectivity index (χ2v) is 3.56. The highest BCUT2D eigenvalue weighted by atomic mass is 35.5. The Balaban J connectivity index is 3.20. The average molecular weight is 218 g/mol. The Labute approximate surface area is 87.8 Å². The van der Waals surface area contributed by atoms with E-state index in [9.17, 15) is 4.39 Å². The van der Waals surface area contributed by atoms with E-state index in [1.165, 1.54) is 13.2 Å². The van der Waals surface area contributed by atoms with Gasteiger partial charge in [-0.1, -0.05) is 18.5 Å². The van der Waals surface area contributed by atoms with Crippen LogP contribution in [0.15, 0.2) is 12.1 Å². The molecule has 78 valence electrons. The largest absolute Gasteiger partial charge is 0.497 e. The Hall–Kier alpha value is -0.800. The lowest BCUT2D eigenvalue weighted by molar-refractivity contribution is 0.412. The fourth-order valence-corrected chi connectivity index (χ4v) is 1.40. The zero-order valence-electron chi connectivity index (χ0n) is 8.18. The predicted molar refractivity (Wildman–Crippen MR) is 55.4 cm³/mol. The Bertz CT molecular complexity index is 330. The van der Waals surface area contributed by atoms with Crippen LogP contribution in [0.25, 0.3) is 0 Å². The van der Waals surface area contributed by atoms with E-state index in [1.54, 1.807) is 6.07 Å². The third kappa shape index (κ3) is 2.16. The molecule has 1 atom stereocenters. The quantitative estimate of drug-likeness (QED) is 0.845. The van der Waals surface area contributed by atoms with Crippen molar-refractivity contribution in [2.75, 3.05) is 13.7 Å². The Kier molecular flexibility index (Phi) is 3.72. The fraction of sp³-hybridized carbons (Fsp3) is 0.400. The van der Waals surface area contributed by atoms with Gasteiger partial charge in [-0.15, -0.1) is 0 Å². The number of hydrogen-bond acceptors (Lipinski definition) is 2. The van der Waals surface area contributed by atoms with E-state index >= 15 is 0 Å². The molecule has 2 nitrogen and oxygen atoms in total. The molecule has 0 radical (unpaired) electrons. The second kappa shape index (κ2) is 4.62. The summed E-state index contributed by atoms with van der Waals surface area (Å²) in [6.07, 6.45) is 0. The van der Waals surface area contributed by atoms with Gasteiger partial charge in [0.25, 0.3) is 0 Å². The van der Waals surface area contributed by atoms with Crippen molar-refractivity contribution in [1.29, 1.82) is 0 Å². The standard InChI is InChI=1S/C10H13ClFNO/c1-6(5-13)8-3-7(14-2)4-9(11)10(8)12/h3-4,6H,5,13H2,1-2H3. The molecule has 0 spiro atoms. The van der Waals surface area contributed by atoms with Crippen LogP contribution >= 0.6 is 11.6 Å². The first-order valence-electron chi connectivity index (χ1n) is 4.33. The zero-order valence-corrected chi connectivity index (χ0v) is 8.94. The Morgan fingerprint density at radius 2 is 2.21 bits per heavy atom. The molecule has 0 aliphatic heterocycles. The molecule has 0 aliphatic rings. The molecule has 0 saturated carbocycles. The molecule has 0 saturated heterocycles. The van der Waals surface area contributed by atoms with Gasteiger partial charge in [0.05, 0.1) is 12.1 Å². The van der Waals surface area contributed by atoms with E-state index in [0.29, 0.717) is 17.9 Å². The molecule has 1 aromatic carbocycles. The molecule has 14 heavy (non-hydrogen) atoms. The molecular weight excluding hydrogens is 205 g/mol. The highest BCUT2D eigenvalue weighted by Gasteiger charge is 2.14. The van der Waals surface area contributed by atoms with E-state index in [-0.39, 0.29) is 10.9 Å². The molecule has 0 amide bonds. The Morgan fingerprint density at radius 1 is 1.57 bits per heavy atom. The van der Waals surface area contributed by atoms with Gasteiger partial charge in [0.15, 0.2) is 0 Å². The smallest absolute Gasteiger partial charge is 0.145 e. The summed E-state index contributed by atoms with van der Waals surface area (Å²) < 4.78 is 18.5. The van der Waals surface area contributed by atoms with Crippen molar-refractivity contribution in [3.63, 3.8) is 0 Å². The van der Waals surface area contributed by atoms with Crippen LogP contribution in [0, 0.1) is 5.82 Å². The van der Waals surface area contributed by atoms with Crippen LogP contribution in [0.1, 0.15) is 18.4 Å². The number of hydrogen-bond donors (Lipinski definition) is 1. The minimum Gasteiger partial charge on any atom is -0.497 e. The molecule has 0 fully saturated rings. The summed E-state index contributed by atoms with van der Waals surface area (Å²) >= 11 is 5.70. The summed E-state index contributed by atoms with van der Waals surface area (Å²) in [5.74, 6) is 0.0692. The van der Waals surface area contributed by atoms with E-state index < -0.39 is 5.82 Å². The minimum atomic E-state index is -0.412. The van der Waals surface area contributed by atoms with Crippen LogP contribution in [0.5, 0.6) is 5.75 Å². The van der Waals surface area contributed by atoms with Crippen LogP contribution in [-0.2, 0) is 0 Å². The van der Waals surface area contributed by atoms with Crippen molar-refractivity contribution < 1.29 is 9.13 Å². The van der Waals surface area contributed by atoms with Gasteiger partial charge in [-0.05, 0) is 24.1 Å². The molecule has 0 bridgehead atoms. The number of ether oxygens (including phenoxy) is 1. The van der Waals surface area contributed by atoms with Crippen LogP contribution in [0.2, 0.25) is 5.02 Å². The van der Waals surface area contributed by atoms with Gasteiger partial charge in [-0.2, -0.15) is 0 Å². The number of rotatable bonds is 3. The maximum absolute atomic E-state index is 13.5. The molecule has 0 heterocycles. The third-order valence-electron chi connectivity index (χ3n) is 2.15. The maximum atomic E-state index is 13.5. The summed E-state index contributed by atoms with van der Waals surface area (Å²) in [6.45, 7) is 2.22. The van der Waals surface area contributed by atoms with E-state index in [2.05, 4.69) is 0 Å². The summed E-state index contributed by atoms with van der Waals surface area (Å²) in [4.78, 5) is 0. The van der Waals surface area contributed by atoms with E-state index in [0.717, 1.165) is 0 Å². The Morgan fingerprint density at radius 3 is 2.71 bits per heavy atom. The van der Waals surface area contributed by atoms with Crippen molar-refractivity contribution in [2.45, 2.75) is 12.8 Å². The van der Waals surface area contributed by atoms with Gasteiger partial charge in [-0.3, -0.25) is 0 Å². The summed E-state index contributed by atoms with van der Waals surface area (Å²) in [5.41, 5.74) is 5.96. The lowest BCUT2D eigenvalue weighted by Crippen LogP contribution is -2.10. The highest BCUT2D eigenvalue weighted by Crippen LogP contribution is 2.29. The first-order valence-corrected chi connectivity index (χ1v) is 4.71. The average Bonchev–Trinajstić information content (AvgIpc) is 2.20. The van der Waals surface area contributed by atoms with Crippen LogP contribution in [-0.4, -0.2) is 13.7 Å². The lowest BCUT2D eigenvalue weighted by atomic mass is 10.0. The van der Waals surface area contributed by atoms with Gasteiger partial charge in [0, 0.05) is 6.07 Å². The first-order chi connectivity index (χ1) is 6.60. The van der Waals surface area contributed by atoms with Gasteiger partial charge >= 0.3 is 0 Å². The molecule has 1 rings (SSSR count). The summed E-state index contributed by atoms with van der Waals surface area (Å²) in [7, 11) is 1.51. The molecule has 4 heteroatoms. The van der Waals surface area contributed by atoms with Gasteiger partial charge < -0.3 is 10.5 Å². The monoisotopic (exact) mass is 217 g/mol. The van der Waals surface area contributed by atoms with Crippen molar-refractivity contribution in [3.05, 3.63) is 28.5 Å². The van der Waals surface area contributed by atoms with E-state index in [4.69, 9.17) is 22.1 Å². The van der Waals surface area contributed by atoms with Gasteiger partial charge in [0.1, 0.15) is 11.6 Å². The predicted octanol–water partition coefficient (Wildman–Crippen LogP) is 2.55. The summed E-state index contributed by atoms with van der Waals surface area (Å²) in [5, 5.41) is 0.0691. The SMILES string of the molecule is COc1cc(Cl)c(F)c(C(C)CN)c1. The van der Waals surface area contributed by atoms with Crippen LogP contribution < -0.4 is 10.5 Å². The lowest BCUT2D eigenvalue weighted by Gasteiger charge is -2.12. The molecular formula is C10H13ClFNO.